The summed E-state index contributed by atoms with van der Waals surface area (Å²) in [4.78, 5) is 7.12. The van der Waals surface area contributed by atoms with Crippen molar-refractivity contribution in [3.63, 3.8) is 0 Å². The van der Waals surface area contributed by atoms with Crippen LogP contribution in [0.1, 0.15) is 51.1 Å². The lowest BCUT2D eigenvalue weighted by Gasteiger charge is -1.98. The summed E-state index contributed by atoms with van der Waals surface area (Å²) >= 11 is 0. The van der Waals surface area contributed by atoms with Gasteiger partial charge in [-0.15, -0.1) is 0 Å². The van der Waals surface area contributed by atoms with E-state index in [-0.39, 0.29) is 0 Å². The van der Waals surface area contributed by atoms with E-state index in [0.29, 0.717) is 0 Å². The van der Waals surface area contributed by atoms with Crippen molar-refractivity contribution >= 4 is 0 Å². The van der Waals surface area contributed by atoms with Gasteiger partial charge in [-0.05, 0) is 26.9 Å². The number of nitrogens with one attached hydrogen (secondary N) is 2. The van der Waals surface area contributed by atoms with Crippen molar-refractivity contribution in [1.82, 2.24) is 15.3 Å². The van der Waals surface area contributed by atoms with E-state index in [2.05, 4.69) is 22.2 Å². The number of rotatable bonds is 7. The normalized spacial score (nSPS) is 9.69. The Hall–Kier alpha value is -0.830. The first-order valence-electron chi connectivity index (χ1n) is 6.40. The van der Waals surface area contributed by atoms with Gasteiger partial charge in [-0.2, -0.15) is 0 Å². The Morgan fingerprint density at radius 2 is 1.75 bits per heavy atom. The third kappa shape index (κ3) is 9.71. The maximum atomic E-state index is 3.99. The second-order valence-corrected chi connectivity index (χ2v) is 4.09. The zero-order valence-corrected chi connectivity index (χ0v) is 11.1. The van der Waals surface area contributed by atoms with Gasteiger partial charge in [0.25, 0.3) is 0 Å². The number of hydrogen-bond donors (Lipinski definition) is 2. The van der Waals surface area contributed by atoms with Crippen molar-refractivity contribution in [2.75, 3.05) is 14.1 Å². The van der Waals surface area contributed by atoms with Crippen LogP contribution in [0.3, 0.4) is 0 Å². The highest BCUT2D eigenvalue weighted by Gasteiger charge is 1.93. The molecule has 0 aliphatic carbocycles. The first-order chi connectivity index (χ1) is 7.85. The molecule has 3 heteroatoms. The zero-order valence-electron chi connectivity index (χ0n) is 11.1. The van der Waals surface area contributed by atoms with Crippen LogP contribution in [0, 0.1) is 0 Å². The number of aromatic amines is 1. The molecular formula is C13H27N3. The lowest BCUT2D eigenvalue weighted by atomic mass is 10.1. The second kappa shape index (κ2) is 12.2. The predicted octanol–water partition coefficient (Wildman–Crippen LogP) is 3.15. The number of aromatic nitrogens is 2. The smallest absolute Gasteiger partial charge is 0.0921 e. The number of H-pyrrole nitrogens is 1. The molecule has 0 saturated carbocycles. The molecule has 1 aromatic rings. The second-order valence-electron chi connectivity index (χ2n) is 4.09. The number of hydrogen-bond acceptors (Lipinski definition) is 2. The van der Waals surface area contributed by atoms with Gasteiger partial charge in [-0.3, -0.25) is 0 Å². The summed E-state index contributed by atoms with van der Waals surface area (Å²) in [6.45, 7) is 2.25. The topological polar surface area (TPSA) is 40.7 Å². The first-order valence-corrected chi connectivity index (χ1v) is 6.40. The fraction of sp³-hybridized carbons (Fsp3) is 0.769. The quantitative estimate of drug-likeness (QED) is 0.700. The molecule has 0 unspecified atom stereocenters. The van der Waals surface area contributed by atoms with E-state index in [9.17, 15) is 0 Å². The summed E-state index contributed by atoms with van der Waals surface area (Å²) in [6.07, 6.45) is 13.0. The van der Waals surface area contributed by atoms with Gasteiger partial charge < -0.3 is 10.3 Å². The monoisotopic (exact) mass is 225 g/mol. The minimum Gasteiger partial charge on any atom is -0.348 e. The zero-order chi connectivity index (χ0) is 12.1. The van der Waals surface area contributed by atoms with E-state index in [1.54, 1.807) is 6.33 Å². The minimum absolute atomic E-state index is 1.16. The lowest BCUT2D eigenvalue weighted by molar-refractivity contribution is 0.605. The van der Waals surface area contributed by atoms with Gasteiger partial charge >= 0.3 is 0 Å². The number of aryl methyl sites for hydroxylation is 1. The molecule has 0 saturated heterocycles. The Bertz CT molecular complexity index is 207. The standard InChI is InChI=1S/C11H20N2.C2H7N/c1-2-3-4-5-6-7-8-11-9-12-10-13-11;1-3-2/h9-10H,2-8H2,1H3,(H,12,13);3H,1-2H3. The van der Waals surface area contributed by atoms with Crippen LogP contribution in [0.4, 0.5) is 0 Å². The summed E-state index contributed by atoms with van der Waals surface area (Å²) < 4.78 is 0. The largest absolute Gasteiger partial charge is 0.348 e. The molecule has 0 aliphatic heterocycles. The number of unbranched alkanes of at least 4 members (excludes halogenated alkanes) is 5. The van der Waals surface area contributed by atoms with Gasteiger partial charge in [0.15, 0.2) is 0 Å². The highest BCUT2D eigenvalue weighted by molar-refractivity contribution is 4.93. The van der Waals surface area contributed by atoms with Crippen molar-refractivity contribution < 1.29 is 0 Å². The summed E-state index contributed by atoms with van der Waals surface area (Å²) in [5.41, 5.74) is 1.27. The van der Waals surface area contributed by atoms with Crippen LogP contribution in [-0.2, 0) is 6.42 Å². The van der Waals surface area contributed by atoms with Crippen LogP contribution in [0.25, 0.3) is 0 Å². The molecule has 0 amide bonds. The fourth-order valence-electron chi connectivity index (χ4n) is 1.52. The van der Waals surface area contributed by atoms with Crippen LogP contribution < -0.4 is 5.32 Å². The first kappa shape index (κ1) is 15.2. The van der Waals surface area contributed by atoms with Gasteiger partial charge in [0.05, 0.1) is 6.33 Å². The number of imidazole rings is 1. The molecule has 1 aromatic heterocycles. The SMILES string of the molecule is CCCCCCCCc1cnc[nH]1.CNC. The summed E-state index contributed by atoms with van der Waals surface area (Å²) in [6, 6.07) is 0. The van der Waals surface area contributed by atoms with Crippen molar-refractivity contribution in [2.24, 2.45) is 0 Å². The van der Waals surface area contributed by atoms with Gasteiger partial charge in [-0.1, -0.05) is 39.0 Å². The molecule has 1 heterocycles. The van der Waals surface area contributed by atoms with Crippen LogP contribution in [-0.4, -0.2) is 24.1 Å². The molecule has 16 heavy (non-hydrogen) atoms. The Morgan fingerprint density at radius 1 is 1.12 bits per heavy atom. The molecule has 0 fully saturated rings. The Balaban J connectivity index is 0.000000673. The summed E-state index contributed by atoms with van der Waals surface area (Å²) in [5, 5.41) is 2.75. The Morgan fingerprint density at radius 3 is 2.31 bits per heavy atom. The third-order valence-electron chi connectivity index (χ3n) is 2.35. The van der Waals surface area contributed by atoms with E-state index >= 15 is 0 Å². The maximum absolute atomic E-state index is 3.99. The van der Waals surface area contributed by atoms with Crippen LogP contribution >= 0.6 is 0 Å². The van der Waals surface area contributed by atoms with Crippen LogP contribution in [0.5, 0.6) is 0 Å². The van der Waals surface area contributed by atoms with Gasteiger partial charge in [0.2, 0.25) is 0 Å². The van der Waals surface area contributed by atoms with Gasteiger partial charge in [0.1, 0.15) is 0 Å². The minimum atomic E-state index is 1.16. The van der Waals surface area contributed by atoms with Crippen molar-refractivity contribution in [3.8, 4) is 0 Å². The molecular weight excluding hydrogens is 198 g/mol. The van der Waals surface area contributed by atoms with E-state index in [4.69, 9.17) is 0 Å². The van der Waals surface area contributed by atoms with E-state index in [0.717, 1.165) is 6.42 Å². The fourth-order valence-corrected chi connectivity index (χ4v) is 1.52. The lowest BCUT2D eigenvalue weighted by Crippen LogP contribution is -1.89. The van der Waals surface area contributed by atoms with Crippen molar-refractivity contribution in [1.29, 1.82) is 0 Å². The maximum Gasteiger partial charge on any atom is 0.0921 e. The van der Waals surface area contributed by atoms with Gasteiger partial charge in [-0.25, -0.2) is 4.98 Å². The van der Waals surface area contributed by atoms with Crippen LogP contribution in [0.15, 0.2) is 12.5 Å². The molecule has 0 aromatic carbocycles. The average molecular weight is 225 g/mol. The molecule has 3 nitrogen and oxygen atoms in total. The van der Waals surface area contributed by atoms with E-state index < -0.39 is 0 Å². The molecule has 0 radical (unpaired) electrons. The molecule has 0 atom stereocenters. The van der Waals surface area contributed by atoms with Crippen LogP contribution in [0.2, 0.25) is 0 Å². The number of nitrogens with zero attached hydrogens (tertiary/aromatic N) is 1. The molecule has 0 bridgehead atoms. The Kier molecular flexibility index (Phi) is 11.6. The summed E-state index contributed by atoms with van der Waals surface area (Å²) in [5.74, 6) is 0. The molecule has 2 N–H and O–H groups in total. The average Bonchev–Trinajstić information content (AvgIpc) is 2.77. The molecule has 0 spiro atoms. The highest BCUT2D eigenvalue weighted by atomic mass is 14.9. The van der Waals surface area contributed by atoms with E-state index in [1.165, 1.54) is 44.2 Å². The van der Waals surface area contributed by atoms with E-state index in [1.807, 2.05) is 20.3 Å². The highest BCUT2D eigenvalue weighted by Crippen LogP contribution is 2.07. The van der Waals surface area contributed by atoms with Crippen molar-refractivity contribution in [3.05, 3.63) is 18.2 Å². The van der Waals surface area contributed by atoms with Crippen molar-refractivity contribution in [2.45, 2.75) is 51.9 Å². The summed E-state index contributed by atoms with van der Waals surface area (Å²) in [7, 11) is 3.75. The molecule has 0 aliphatic rings. The predicted molar refractivity (Wildman–Crippen MR) is 70.7 cm³/mol. The molecule has 1 rings (SSSR count). The third-order valence-corrected chi connectivity index (χ3v) is 2.35. The molecule has 94 valence electrons. The Labute approximate surface area is 100 Å². The van der Waals surface area contributed by atoms with Gasteiger partial charge in [0, 0.05) is 11.9 Å².